The maximum atomic E-state index is 13.9. The second-order valence-corrected chi connectivity index (χ2v) is 7.27. The van der Waals surface area contributed by atoms with E-state index in [9.17, 15) is 9.18 Å². The Hall–Kier alpha value is -2.61. The molecule has 3 aromatic rings. The Bertz CT molecular complexity index is 947. The third-order valence-electron chi connectivity index (χ3n) is 4.55. The van der Waals surface area contributed by atoms with Crippen molar-refractivity contribution in [3.05, 3.63) is 70.6 Å². The van der Waals surface area contributed by atoms with Crippen molar-refractivity contribution in [2.75, 3.05) is 31.1 Å². The molecule has 3 heterocycles. The highest BCUT2D eigenvalue weighted by Gasteiger charge is 2.25. The van der Waals surface area contributed by atoms with Crippen LogP contribution in [0.5, 0.6) is 0 Å². The lowest BCUT2D eigenvalue weighted by Crippen LogP contribution is -2.49. The highest BCUT2D eigenvalue weighted by molar-refractivity contribution is 9.10. The number of anilines is 1. The quantitative estimate of drug-likeness (QED) is 0.633. The summed E-state index contributed by atoms with van der Waals surface area (Å²) in [6, 6.07) is 10.2. The molecule has 1 aliphatic rings. The van der Waals surface area contributed by atoms with E-state index in [4.69, 9.17) is 4.42 Å². The van der Waals surface area contributed by atoms with Gasteiger partial charge in [-0.2, -0.15) is 5.10 Å². The number of para-hydroxylation sites is 1. The number of hydrogen-bond donors (Lipinski definition) is 0. The SMILES string of the molecule is O=C(c1ccc(Cn2cc(Br)cn2)o1)N1CCN(c2ccccc2F)CC1. The largest absolute Gasteiger partial charge is 0.454 e. The second-order valence-electron chi connectivity index (χ2n) is 6.35. The smallest absolute Gasteiger partial charge is 0.289 e. The van der Waals surface area contributed by atoms with Crippen molar-refractivity contribution in [3.63, 3.8) is 0 Å². The maximum Gasteiger partial charge on any atom is 0.289 e. The van der Waals surface area contributed by atoms with Gasteiger partial charge in [-0.25, -0.2) is 4.39 Å². The van der Waals surface area contributed by atoms with E-state index in [1.54, 1.807) is 40.0 Å². The summed E-state index contributed by atoms with van der Waals surface area (Å²) in [4.78, 5) is 16.4. The van der Waals surface area contributed by atoms with Crippen molar-refractivity contribution in [1.29, 1.82) is 0 Å². The van der Waals surface area contributed by atoms with E-state index in [0.717, 1.165) is 4.47 Å². The molecular weight excluding hydrogens is 415 g/mol. The van der Waals surface area contributed by atoms with Gasteiger partial charge in [0.15, 0.2) is 5.76 Å². The van der Waals surface area contributed by atoms with Crippen LogP contribution in [-0.4, -0.2) is 46.8 Å². The molecule has 0 spiro atoms. The molecular formula is C19H18BrFN4O2. The molecule has 0 atom stereocenters. The lowest BCUT2D eigenvalue weighted by atomic mass is 10.2. The summed E-state index contributed by atoms with van der Waals surface area (Å²) < 4.78 is 22.2. The molecule has 27 heavy (non-hydrogen) atoms. The molecule has 140 valence electrons. The molecule has 2 aromatic heterocycles. The molecule has 0 saturated carbocycles. The van der Waals surface area contributed by atoms with Crippen molar-refractivity contribution in [2.24, 2.45) is 0 Å². The van der Waals surface area contributed by atoms with Crippen LogP contribution < -0.4 is 4.90 Å². The number of benzene rings is 1. The van der Waals surface area contributed by atoms with E-state index in [1.165, 1.54) is 6.07 Å². The number of halogens is 2. The predicted molar refractivity (Wildman–Crippen MR) is 102 cm³/mol. The number of aromatic nitrogens is 2. The third-order valence-corrected chi connectivity index (χ3v) is 4.96. The van der Waals surface area contributed by atoms with Gasteiger partial charge >= 0.3 is 0 Å². The molecule has 4 rings (SSSR count). The standard InChI is InChI=1S/C19H18BrFN4O2/c20-14-11-22-25(12-14)13-15-5-6-18(27-15)19(26)24-9-7-23(8-10-24)17-4-2-1-3-16(17)21/h1-6,11-12H,7-10,13H2. The number of carbonyl (C=O) groups is 1. The Morgan fingerprint density at radius 2 is 1.93 bits per heavy atom. The zero-order chi connectivity index (χ0) is 18.8. The second kappa shape index (κ2) is 7.56. The van der Waals surface area contributed by atoms with Crippen molar-refractivity contribution >= 4 is 27.5 Å². The first-order valence-corrected chi connectivity index (χ1v) is 9.45. The molecule has 0 aliphatic carbocycles. The molecule has 1 aliphatic heterocycles. The number of hydrogen-bond acceptors (Lipinski definition) is 4. The van der Waals surface area contributed by atoms with Gasteiger partial charge in [-0.15, -0.1) is 0 Å². The van der Waals surface area contributed by atoms with Gasteiger partial charge in [0.2, 0.25) is 0 Å². The molecule has 1 amide bonds. The van der Waals surface area contributed by atoms with Gasteiger partial charge in [0.1, 0.15) is 11.6 Å². The minimum Gasteiger partial charge on any atom is -0.454 e. The molecule has 0 N–H and O–H groups in total. The van der Waals surface area contributed by atoms with Crippen molar-refractivity contribution < 1.29 is 13.6 Å². The first-order chi connectivity index (χ1) is 13.1. The Morgan fingerprint density at radius 1 is 1.15 bits per heavy atom. The molecule has 1 fully saturated rings. The summed E-state index contributed by atoms with van der Waals surface area (Å²) in [5.74, 6) is 0.601. The number of rotatable bonds is 4. The molecule has 0 unspecified atom stereocenters. The highest BCUT2D eigenvalue weighted by atomic mass is 79.9. The van der Waals surface area contributed by atoms with Crippen LogP contribution in [-0.2, 0) is 6.54 Å². The molecule has 1 aromatic carbocycles. The van der Waals surface area contributed by atoms with E-state index in [0.29, 0.717) is 49.9 Å². The number of carbonyl (C=O) groups excluding carboxylic acids is 1. The molecule has 0 bridgehead atoms. The van der Waals surface area contributed by atoms with E-state index in [1.807, 2.05) is 17.2 Å². The maximum absolute atomic E-state index is 13.9. The van der Waals surface area contributed by atoms with E-state index in [2.05, 4.69) is 21.0 Å². The van der Waals surface area contributed by atoms with Crippen LogP contribution in [0, 0.1) is 5.82 Å². The Kier molecular flexibility index (Phi) is 4.98. The van der Waals surface area contributed by atoms with Crippen LogP contribution in [0.4, 0.5) is 10.1 Å². The highest BCUT2D eigenvalue weighted by Crippen LogP contribution is 2.21. The summed E-state index contributed by atoms with van der Waals surface area (Å²) in [6.45, 7) is 2.67. The van der Waals surface area contributed by atoms with Crippen LogP contribution in [0.25, 0.3) is 0 Å². The van der Waals surface area contributed by atoms with Gasteiger partial charge in [0.25, 0.3) is 5.91 Å². The van der Waals surface area contributed by atoms with Gasteiger partial charge < -0.3 is 14.2 Å². The fourth-order valence-electron chi connectivity index (χ4n) is 3.18. The van der Waals surface area contributed by atoms with Gasteiger partial charge in [0, 0.05) is 32.4 Å². The summed E-state index contributed by atoms with van der Waals surface area (Å²) in [5.41, 5.74) is 0.579. The first-order valence-electron chi connectivity index (χ1n) is 8.65. The fourth-order valence-corrected chi connectivity index (χ4v) is 3.50. The number of amides is 1. The number of piperazine rings is 1. The van der Waals surface area contributed by atoms with E-state index >= 15 is 0 Å². The van der Waals surface area contributed by atoms with Crippen LogP contribution in [0.3, 0.4) is 0 Å². The van der Waals surface area contributed by atoms with E-state index in [-0.39, 0.29) is 11.7 Å². The zero-order valence-corrected chi connectivity index (χ0v) is 16.1. The molecule has 6 nitrogen and oxygen atoms in total. The summed E-state index contributed by atoms with van der Waals surface area (Å²) in [5, 5.41) is 4.18. The lowest BCUT2D eigenvalue weighted by molar-refractivity contribution is 0.0712. The van der Waals surface area contributed by atoms with Crippen LogP contribution in [0.15, 0.2) is 57.7 Å². The van der Waals surface area contributed by atoms with Crippen molar-refractivity contribution in [2.45, 2.75) is 6.54 Å². The Balaban J connectivity index is 1.37. The average Bonchev–Trinajstić information content (AvgIpc) is 3.31. The van der Waals surface area contributed by atoms with E-state index < -0.39 is 0 Å². The van der Waals surface area contributed by atoms with Crippen molar-refractivity contribution in [3.8, 4) is 0 Å². The summed E-state index contributed by atoms with van der Waals surface area (Å²) in [6.07, 6.45) is 3.54. The van der Waals surface area contributed by atoms with Crippen LogP contribution in [0.1, 0.15) is 16.3 Å². The summed E-state index contributed by atoms with van der Waals surface area (Å²) >= 11 is 3.35. The van der Waals surface area contributed by atoms with Gasteiger partial charge in [0.05, 0.1) is 22.9 Å². The van der Waals surface area contributed by atoms with Gasteiger partial charge in [-0.1, -0.05) is 12.1 Å². The monoisotopic (exact) mass is 432 g/mol. The number of nitrogens with zero attached hydrogens (tertiary/aromatic N) is 4. The average molecular weight is 433 g/mol. The Morgan fingerprint density at radius 3 is 2.63 bits per heavy atom. The minimum atomic E-state index is -0.238. The number of furan rings is 1. The zero-order valence-electron chi connectivity index (χ0n) is 14.5. The third kappa shape index (κ3) is 3.90. The van der Waals surface area contributed by atoms with Gasteiger partial charge in [-0.3, -0.25) is 9.48 Å². The lowest BCUT2D eigenvalue weighted by Gasteiger charge is -2.35. The molecule has 0 radical (unpaired) electrons. The molecule has 8 heteroatoms. The topological polar surface area (TPSA) is 54.5 Å². The molecule has 1 saturated heterocycles. The fraction of sp³-hybridized carbons (Fsp3) is 0.263. The normalized spacial score (nSPS) is 14.6. The van der Waals surface area contributed by atoms with Crippen LogP contribution >= 0.6 is 15.9 Å². The minimum absolute atomic E-state index is 0.143. The Labute approximate surface area is 164 Å². The van der Waals surface area contributed by atoms with Gasteiger partial charge in [-0.05, 0) is 40.2 Å². The first kappa shape index (κ1) is 17.8. The predicted octanol–water partition coefficient (Wildman–Crippen LogP) is 3.39. The van der Waals surface area contributed by atoms with Crippen molar-refractivity contribution in [1.82, 2.24) is 14.7 Å². The summed E-state index contributed by atoms with van der Waals surface area (Å²) in [7, 11) is 0. The van der Waals surface area contributed by atoms with Crippen LogP contribution in [0.2, 0.25) is 0 Å².